The highest BCUT2D eigenvalue weighted by atomic mass is 32.1. The summed E-state index contributed by atoms with van der Waals surface area (Å²) in [4.78, 5) is 23.2. The fourth-order valence-electron chi connectivity index (χ4n) is 3.14. The molecule has 0 saturated heterocycles. The molecule has 0 saturated carbocycles. The Bertz CT molecular complexity index is 932. The van der Waals surface area contributed by atoms with Gasteiger partial charge in [-0.25, -0.2) is 14.8 Å². The number of methoxy groups -OCH3 is 1. The van der Waals surface area contributed by atoms with Crippen LogP contribution in [0.1, 0.15) is 33.0 Å². The van der Waals surface area contributed by atoms with Crippen molar-refractivity contribution in [1.82, 2.24) is 9.97 Å². The van der Waals surface area contributed by atoms with Crippen molar-refractivity contribution in [2.24, 2.45) is 0 Å². The number of fused-ring (bicyclic) bond motifs is 3. The van der Waals surface area contributed by atoms with Gasteiger partial charge >= 0.3 is 5.97 Å². The number of carbonyl (C=O) groups excluding carboxylic acids is 1. The lowest BCUT2D eigenvalue weighted by Crippen LogP contribution is -2.02. The molecule has 3 aromatic rings. The van der Waals surface area contributed by atoms with Crippen molar-refractivity contribution in [3.63, 3.8) is 0 Å². The Hall–Kier alpha value is -2.47. The molecule has 0 fully saturated rings. The van der Waals surface area contributed by atoms with E-state index >= 15 is 0 Å². The van der Waals surface area contributed by atoms with Gasteiger partial charge in [0.25, 0.3) is 0 Å². The highest BCUT2D eigenvalue weighted by Crippen LogP contribution is 2.40. The van der Waals surface area contributed by atoms with Crippen LogP contribution in [-0.2, 0) is 17.6 Å². The van der Waals surface area contributed by atoms with Gasteiger partial charge in [-0.1, -0.05) is 0 Å². The maximum absolute atomic E-state index is 11.5. The van der Waals surface area contributed by atoms with Crippen molar-refractivity contribution in [2.45, 2.75) is 26.2 Å². The number of nitrogens with one attached hydrogen (secondary N) is 1. The molecule has 122 valence electrons. The molecule has 0 radical (unpaired) electrons. The van der Waals surface area contributed by atoms with Crippen LogP contribution < -0.4 is 5.32 Å². The summed E-state index contributed by atoms with van der Waals surface area (Å²) < 4.78 is 4.73. The zero-order chi connectivity index (χ0) is 16.7. The van der Waals surface area contributed by atoms with Gasteiger partial charge < -0.3 is 10.1 Å². The summed E-state index contributed by atoms with van der Waals surface area (Å²) in [5.74, 6) is 1.27. The summed E-state index contributed by atoms with van der Waals surface area (Å²) in [7, 11) is 1.38. The Labute approximate surface area is 143 Å². The van der Waals surface area contributed by atoms with Gasteiger partial charge in [0.1, 0.15) is 16.5 Å². The summed E-state index contributed by atoms with van der Waals surface area (Å²) in [6, 6.07) is 7.22. The Morgan fingerprint density at radius 2 is 2.00 bits per heavy atom. The van der Waals surface area contributed by atoms with Crippen molar-refractivity contribution >= 4 is 39.0 Å². The molecule has 24 heavy (non-hydrogen) atoms. The minimum Gasteiger partial charge on any atom is -0.465 e. The quantitative estimate of drug-likeness (QED) is 0.730. The van der Waals surface area contributed by atoms with Crippen molar-refractivity contribution in [3.05, 3.63) is 46.1 Å². The first-order chi connectivity index (χ1) is 11.7. The molecular weight excluding hydrogens is 322 g/mol. The summed E-state index contributed by atoms with van der Waals surface area (Å²) in [5, 5.41) is 4.54. The van der Waals surface area contributed by atoms with Crippen molar-refractivity contribution in [1.29, 1.82) is 0 Å². The number of thiophene rings is 1. The molecule has 6 heteroatoms. The normalized spacial score (nSPS) is 13.1. The molecule has 0 unspecified atom stereocenters. The standard InChI is InChI=1S/C18H17N3O2S/c1-10-19-16(15-13-4-3-5-14(13)24-17(15)20-10)21-12-8-6-11(7-9-12)18(22)23-2/h6-9H,3-5H2,1-2H3,(H,19,20,21). The maximum atomic E-state index is 11.5. The molecule has 1 aromatic carbocycles. The molecule has 1 aliphatic carbocycles. The van der Waals surface area contributed by atoms with Crippen LogP contribution in [0.15, 0.2) is 24.3 Å². The van der Waals surface area contributed by atoms with E-state index in [1.165, 1.54) is 24.0 Å². The van der Waals surface area contributed by atoms with Gasteiger partial charge in [-0.3, -0.25) is 0 Å². The number of esters is 1. The van der Waals surface area contributed by atoms with Crippen LogP contribution in [0, 0.1) is 6.92 Å². The number of nitrogens with zero attached hydrogens (tertiary/aromatic N) is 2. The first-order valence-corrected chi connectivity index (χ1v) is 8.71. The third-order valence-corrected chi connectivity index (χ3v) is 5.43. The van der Waals surface area contributed by atoms with Crippen LogP contribution >= 0.6 is 11.3 Å². The number of ether oxygens (including phenoxy) is 1. The lowest BCUT2D eigenvalue weighted by molar-refractivity contribution is 0.0601. The van der Waals surface area contributed by atoms with Gasteiger partial charge in [-0.05, 0) is 56.0 Å². The zero-order valence-corrected chi connectivity index (χ0v) is 14.4. The van der Waals surface area contributed by atoms with Crippen LogP contribution in [0.5, 0.6) is 0 Å². The Balaban J connectivity index is 1.73. The van der Waals surface area contributed by atoms with E-state index in [-0.39, 0.29) is 5.97 Å². The smallest absolute Gasteiger partial charge is 0.337 e. The average molecular weight is 339 g/mol. The first-order valence-electron chi connectivity index (χ1n) is 7.90. The second-order valence-electron chi connectivity index (χ2n) is 5.85. The number of aromatic nitrogens is 2. The van der Waals surface area contributed by atoms with E-state index in [4.69, 9.17) is 4.74 Å². The molecular formula is C18H17N3O2S. The second kappa shape index (κ2) is 5.87. The highest BCUT2D eigenvalue weighted by molar-refractivity contribution is 7.19. The summed E-state index contributed by atoms with van der Waals surface area (Å²) >= 11 is 1.78. The maximum Gasteiger partial charge on any atom is 0.337 e. The number of benzene rings is 1. The number of hydrogen-bond donors (Lipinski definition) is 1. The van der Waals surface area contributed by atoms with E-state index in [9.17, 15) is 4.79 Å². The van der Waals surface area contributed by atoms with E-state index in [1.54, 1.807) is 23.5 Å². The summed E-state index contributed by atoms with van der Waals surface area (Å²) in [6.45, 7) is 1.91. The summed E-state index contributed by atoms with van der Waals surface area (Å²) in [5.41, 5.74) is 2.81. The number of hydrogen-bond acceptors (Lipinski definition) is 6. The Kier molecular flexibility index (Phi) is 3.69. The van der Waals surface area contributed by atoms with E-state index < -0.39 is 0 Å². The molecule has 0 bridgehead atoms. The SMILES string of the molecule is COC(=O)c1ccc(Nc2nc(C)nc3sc4c(c23)CCC4)cc1. The molecule has 0 spiro atoms. The molecule has 2 heterocycles. The van der Waals surface area contributed by atoms with Gasteiger partial charge in [-0.2, -0.15) is 0 Å². The van der Waals surface area contributed by atoms with E-state index in [2.05, 4.69) is 15.3 Å². The molecule has 4 rings (SSSR count). The number of anilines is 2. The number of carbonyl (C=O) groups is 1. The second-order valence-corrected chi connectivity index (χ2v) is 6.93. The van der Waals surface area contributed by atoms with Gasteiger partial charge in [-0.15, -0.1) is 11.3 Å². The van der Waals surface area contributed by atoms with Gasteiger partial charge in [0.15, 0.2) is 0 Å². The van der Waals surface area contributed by atoms with Gasteiger partial charge in [0, 0.05) is 10.6 Å². The molecule has 1 N–H and O–H groups in total. The third-order valence-electron chi connectivity index (χ3n) is 4.25. The Morgan fingerprint density at radius 1 is 1.21 bits per heavy atom. The fraction of sp³-hybridized carbons (Fsp3) is 0.278. The number of rotatable bonds is 3. The van der Waals surface area contributed by atoms with Crippen LogP contribution in [0.4, 0.5) is 11.5 Å². The third kappa shape index (κ3) is 2.53. The molecule has 1 aliphatic rings. The molecule has 0 aliphatic heterocycles. The average Bonchev–Trinajstić information content (AvgIpc) is 3.15. The van der Waals surface area contributed by atoms with Crippen molar-refractivity contribution < 1.29 is 9.53 Å². The lowest BCUT2D eigenvalue weighted by atomic mass is 10.1. The molecule has 5 nitrogen and oxygen atoms in total. The monoisotopic (exact) mass is 339 g/mol. The lowest BCUT2D eigenvalue weighted by Gasteiger charge is -2.09. The fourth-order valence-corrected chi connectivity index (χ4v) is 4.44. The van der Waals surface area contributed by atoms with E-state index in [1.807, 2.05) is 19.1 Å². The Morgan fingerprint density at radius 3 is 2.75 bits per heavy atom. The van der Waals surface area contributed by atoms with Crippen LogP contribution in [0.3, 0.4) is 0 Å². The minimum absolute atomic E-state index is 0.336. The van der Waals surface area contributed by atoms with Crippen molar-refractivity contribution in [3.8, 4) is 0 Å². The zero-order valence-electron chi connectivity index (χ0n) is 13.5. The first kappa shape index (κ1) is 15.1. The largest absolute Gasteiger partial charge is 0.465 e. The van der Waals surface area contributed by atoms with Crippen LogP contribution in [0.25, 0.3) is 10.2 Å². The van der Waals surface area contributed by atoms with Gasteiger partial charge in [0.05, 0.1) is 18.1 Å². The predicted molar refractivity (Wildman–Crippen MR) is 95.2 cm³/mol. The highest BCUT2D eigenvalue weighted by Gasteiger charge is 2.22. The number of aryl methyl sites for hydroxylation is 3. The van der Waals surface area contributed by atoms with E-state index in [0.717, 1.165) is 40.4 Å². The summed E-state index contributed by atoms with van der Waals surface area (Å²) in [6.07, 6.45) is 3.44. The van der Waals surface area contributed by atoms with Crippen LogP contribution in [-0.4, -0.2) is 23.0 Å². The van der Waals surface area contributed by atoms with Gasteiger partial charge in [0.2, 0.25) is 0 Å². The van der Waals surface area contributed by atoms with Crippen LogP contribution in [0.2, 0.25) is 0 Å². The van der Waals surface area contributed by atoms with E-state index in [0.29, 0.717) is 5.56 Å². The molecule has 2 aromatic heterocycles. The predicted octanol–water partition coefficient (Wildman–Crippen LogP) is 4.02. The topological polar surface area (TPSA) is 64.1 Å². The molecule has 0 amide bonds. The minimum atomic E-state index is -0.336. The molecule has 0 atom stereocenters. The van der Waals surface area contributed by atoms with Crippen molar-refractivity contribution in [2.75, 3.05) is 12.4 Å².